The first kappa shape index (κ1) is 20.2. The Morgan fingerprint density at radius 1 is 1.07 bits per heavy atom. The van der Waals surface area contributed by atoms with Gasteiger partial charge in [0.25, 0.3) is 5.56 Å². The molecule has 0 amide bonds. The molecule has 30 heavy (non-hydrogen) atoms. The number of fused-ring (bicyclic) bond motifs is 1. The Labute approximate surface area is 174 Å². The SMILES string of the molecule is COCCn1cnc2cc(N3CCN(Cc4ccnc(=O)n4C)CC3)ccc2c1=O. The Balaban J connectivity index is 1.44. The second-order valence-electron chi connectivity index (χ2n) is 7.48. The highest BCUT2D eigenvalue weighted by atomic mass is 16.5. The van der Waals surface area contributed by atoms with Gasteiger partial charge in [0.15, 0.2) is 0 Å². The lowest BCUT2D eigenvalue weighted by Gasteiger charge is -2.36. The zero-order valence-corrected chi connectivity index (χ0v) is 17.3. The summed E-state index contributed by atoms with van der Waals surface area (Å²) in [4.78, 5) is 37.2. The number of benzene rings is 1. The summed E-state index contributed by atoms with van der Waals surface area (Å²) in [6.07, 6.45) is 3.16. The Morgan fingerprint density at radius 3 is 2.63 bits per heavy atom. The Kier molecular flexibility index (Phi) is 5.91. The van der Waals surface area contributed by atoms with Gasteiger partial charge < -0.3 is 9.64 Å². The van der Waals surface area contributed by atoms with Crippen molar-refractivity contribution in [2.45, 2.75) is 13.1 Å². The Morgan fingerprint density at radius 2 is 1.87 bits per heavy atom. The van der Waals surface area contributed by atoms with Gasteiger partial charge in [0.05, 0.1) is 30.4 Å². The molecule has 9 heteroatoms. The minimum atomic E-state index is -0.226. The summed E-state index contributed by atoms with van der Waals surface area (Å²) >= 11 is 0. The molecule has 0 unspecified atom stereocenters. The van der Waals surface area contributed by atoms with Crippen molar-refractivity contribution in [1.82, 2.24) is 24.0 Å². The summed E-state index contributed by atoms with van der Waals surface area (Å²) in [5, 5.41) is 0.620. The first-order valence-electron chi connectivity index (χ1n) is 10.0. The van der Waals surface area contributed by atoms with Crippen molar-refractivity contribution in [2.24, 2.45) is 7.05 Å². The molecule has 0 aliphatic carbocycles. The van der Waals surface area contributed by atoms with Gasteiger partial charge in [0.1, 0.15) is 0 Å². The molecule has 0 saturated carbocycles. The standard InChI is InChI=1S/C21H26N6O3/c1-24-17(5-6-22-21(24)29)14-25-7-9-26(10-8-25)16-3-4-18-19(13-16)23-15-27(20(18)28)11-12-30-2/h3-6,13,15H,7-12,14H2,1-2H3. The van der Waals surface area contributed by atoms with E-state index >= 15 is 0 Å². The lowest BCUT2D eigenvalue weighted by Crippen LogP contribution is -2.46. The average Bonchev–Trinajstić information content (AvgIpc) is 2.77. The van der Waals surface area contributed by atoms with Crippen LogP contribution in [0.2, 0.25) is 0 Å². The molecule has 1 fully saturated rings. The van der Waals surface area contributed by atoms with Crippen LogP contribution in [-0.4, -0.2) is 63.9 Å². The van der Waals surface area contributed by atoms with Crippen molar-refractivity contribution in [3.8, 4) is 0 Å². The van der Waals surface area contributed by atoms with Crippen LogP contribution in [0, 0.1) is 0 Å². The van der Waals surface area contributed by atoms with Gasteiger partial charge in [-0.2, -0.15) is 0 Å². The average molecular weight is 410 g/mol. The highest BCUT2D eigenvalue weighted by Crippen LogP contribution is 2.21. The third-order valence-electron chi connectivity index (χ3n) is 5.64. The smallest absolute Gasteiger partial charge is 0.347 e. The van der Waals surface area contributed by atoms with Gasteiger partial charge in [-0.25, -0.2) is 14.8 Å². The lowest BCUT2D eigenvalue weighted by molar-refractivity contribution is 0.186. The topological polar surface area (TPSA) is 85.5 Å². The second kappa shape index (κ2) is 8.76. The van der Waals surface area contributed by atoms with E-state index in [4.69, 9.17) is 4.74 Å². The van der Waals surface area contributed by atoms with Crippen molar-refractivity contribution in [2.75, 3.05) is 44.8 Å². The van der Waals surface area contributed by atoms with Gasteiger partial charge in [0, 0.05) is 64.5 Å². The molecule has 0 spiro atoms. The van der Waals surface area contributed by atoms with E-state index in [0.29, 0.717) is 24.1 Å². The van der Waals surface area contributed by atoms with Crippen molar-refractivity contribution in [1.29, 1.82) is 0 Å². The molecule has 1 aliphatic heterocycles. The fraction of sp³-hybridized carbons (Fsp3) is 0.429. The fourth-order valence-electron chi connectivity index (χ4n) is 3.75. The number of hydrogen-bond acceptors (Lipinski definition) is 7. The molecule has 9 nitrogen and oxygen atoms in total. The molecule has 1 aromatic carbocycles. The van der Waals surface area contributed by atoms with Crippen LogP contribution in [0.4, 0.5) is 5.69 Å². The van der Waals surface area contributed by atoms with Crippen LogP contribution in [0.3, 0.4) is 0 Å². The van der Waals surface area contributed by atoms with Crippen LogP contribution in [-0.2, 0) is 24.9 Å². The van der Waals surface area contributed by atoms with Gasteiger partial charge >= 0.3 is 5.69 Å². The summed E-state index contributed by atoms with van der Waals surface area (Å²) < 4.78 is 8.23. The van der Waals surface area contributed by atoms with Crippen molar-refractivity contribution >= 4 is 16.6 Å². The number of ether oxygens (including phenoxy) is 1. The molecule has 2 aromatic heterocycles. The van der Waals surface area contributed by atoms with Crippen LogP contribution in [0.25, 0.3) is 10.9 Å². The number of hydrogen-bond donors (Lipinski definition) is 0. The third-order valence-corrected chi connectivity index (χ3v) is 5.64. The molecule has 158 valence electrons. The van der Waals surface area contributed by atoms with E-state index in [1.54, 1.807) is 35.8 Å². The summed E-state index contributed by atoms with van der Waals surface area (Å²) in [5.41, 5.74) is 2.47. The van der Waals surface area contributed by atoms with Crippen molar-refractivity contribution in [3.05, 3.63) is 63.3 Å². The van der Waals surface area contributed by atoms with Gasteiger partial charge in [-0.3, -0.25) is 18.8 Å². The third kappa shape index (κ3) is 4.12. The van der Waals surface area contributed by atoms with E-state index in [2.05, 4.69) is 19.8 Å². The highest BCUT2D eigenvalue weighted by Gasteiger charge is 2.19. The first-order chi connectivity index (χ1) is 14.6. The minimum absolute atomic E-state index is 0.0450. The quantitative estimate of drug-likeness (QED) is 0.584. The van der Waals surface area contributed by atoms with Crippen LogP contribution in [0.15, 0.2) is 46.4 Å². The molecule has 0 N–H and O–H groups in total. The summed E-state index contributed by atoms with van der Waals surface area (Å²) in [5.74, 6) is 0. The Bertz CT molecular complexity index is 1150. The molecule has 4 rings (SSSR count). The number of anilines is 1. The van der Waals surface area contributed by atoms with Crippen LogP contribution in [0.5, 0.6) is 0 Å². The molecule has 1 aliphatic rings. The van der Waals surface area contributed by atoms with E-state index in [-0.39, 0.29) is 11.2 Å². The normalized spacial score (nSPS) is 15.1. The van der Waals surface area contributed by atoms with Gasteiger partial charge in [-0.15, -0.1) is 0 Å². The predicted octanol–water partition coefficient (Wildman–Crippen LogP) is 0.459. The second-order valence-corrected chi connectivity index (χ2v) is 7.48. The summed E-state index contributed by atoms with van der Waals surface area (Å²) in [6, 6.07) is 7.73. The number of piperazine rings is 1. The highest BCUT2D eigenvalue weighted by molar-refractivity contribution is 5.81. The van der Waals surface area contributed by atoms with Crippen molar-refractivity contribution < 1.29 is 4.74 Å². The summed E-state index contributed by atoms with van der Waals surface area (Å²) in [6.45, 7) is 5.21. The number of nitrogens with zero attached hydrogens (tertiary/aromatic N) is 6. The number of methoxy groups -OCH3 is 1. The zero-order chi connectivity index (χ0) is 21.1. The van der Waals surface area contributed by atoms with Gasteiger partial charge in [-0.1, -0.05) is 0 Å². The van der Waals surface area contributed by atoms with Crippen LogP contribution in [0.1, 0.15) is 5.69 Å². The van der Waals surface area contributed by atoms with E-state index in [1.807, 2.05) is 24.3 Å². The molecule has 0 atom stereocenters. The lowest BCUT2D eigenvalue weighted by atomic mass is 10.2. The first-order valence-corrected chi connectivity index (χ1v) is 10.0. The Hall–Kier alpha value is -3.04. The van der Waals surface area contributed by atoms with E-state index in [0.717, 1.165) is 44.1 Å². The van der Waals surface area contributed by atoms with E-state index in [1.165, 1.54) is 0 Å². The monoisotopic (exact) mass is 410 g/mol. The zero-order valence-electron chi connectivity index (χ0n) is 17.3. The number of rotatable bonds is 6. The van der Waals surface area contributed by atoms with E-state index < -0.39 is 0 Å². The predicted molar refractivity (Wildman–Crippen MR) is 115 cm³/mol. The summed E-state index contributed by atoms with van der Waals surface area (Å²) in [7, 11) is 3.37. The minimum Gasteiger partial charge on any atom is -0.383 e. The maximum Gasteiger partial charge on any atom is 0.347 e. The molecule has 3 heterocycles. The van der Waals surface area contributed by atoms with Crippen molar-refractivity contribution in [3.63, 3.8) is 0 Å². The van der Waals surface area contributed by atoms with Gasteiger partial charge in [-0.05, 0) is 24.3 Å². The largest absolute Gasteiger partial charge is 0.383 e. The fourth-order valence-corrected chi connectivity index (χ4v) is 3.75. The maximum absolute atomic E-state index is 12.6. The molecule has 1 saturated heterocycles. The molecule has 0 radical (unpaired) electrons. The van der Waals surface area contributed by atoms with E-state index in [9.17, 15) is 9.59 Å². The number of aromatic nitrogens is 4. The molecular formula is C21H26N6O3. The van der Waals surface area contributed by atoms with Gasteiger partial charge in [0.2, 0.25) is 0 Å². The molecule has 3 aromatic rings. The molecular weight excluding hydrogens is 384 g/mol. The maximum atomic E-state index is 12.6. The van der Waals surface area contributed by atoms with Crippen LogP contribution >= 0.6 is 0 Å². The van der Waals surface area contributed by atoms with Crippen LogP contribution < -0.4 is 16.1 Å². The molecule has 0 bridgehead atoms.